The summed E-state index contributed by atoms with van der Waals surface area (Å²) in [5, 5.41) is 4.88. The van der Waals surface area contributed by atoms with E-state index in [1.54, 1.807) is 29.2 Å². The molecule has 2 atom stereocenters. The second-order valence-electron chi connectivity index (χ2n) is 8.78. The van der Waals surface area contributed by atoms with Gasteiger partial charge in [0, 0.05) is 31.4 Å². The summed E-state index contributed by atoms with van der Waals surface area (Å²) in [7, 11) is 0. The molecule has 5 rings (SSSR count). The molecule has 0 bridgehead atoms. The zero-order valence-corrected chi connectivity index (χ0v) is 21.2. The molecular weight excluding hydrogens is 528 g/mol. The molecule has 2 fully saturated rings. The van der Waals surface area contributed by atoms with Crippen LogP contribution in [0.5, 0.6) is 0 Å². The Morgan fingerprint density at radius 1 is 1.10 bits per heavy atom. The average Bonchev–Trinajstić information content (AvgIpc) is 3.39. The number of rotatable bonds is 7. The van der Waals surface area contributed by atoms with Crippen LogP contribution in [0.3, 0.4) is 0 Å². The number of morpholine rings is 2. The van der Waals surface area contributed by atoms with Gasteiger partial charge < -0.3 is 33.9 Å². The van der Waals surface area contributed by atoms with Crippen molar-refractivity contribution in [1.82, 2.24) is 15.1 Å². The summed E-state index contributed by atoms with van der Waals surface area (Å²) in [4.78, 5) is 72.7. The van der Waals surface area contributed by atoms with Crippen molar-refractivity contribution in [1.29, 1.82) is 0 Å². The predicted octanol–water partition coefficient (Wildman–Crippen LogP) is 0.0903. The molecule has 2 aliphatic heterocycles. The first-order valence-electron chi connectivity index (χ1n) is 12.2. The van der Waals surface area contributed by atoms with Crippen LogP contribution in [0.25, 0.3) is 11.5 Å². The van der Waals surface area contributed by atoms with Crippen molar-refractivity contribution < 1.29 is 37.9 Å². The van der Waals surface area contributed by atoms with Crippen molar-refractivity contribution in [3.8, 4) is 11.5 Å². The number of aromatic nitrogens is 3. The number of hydrogen-bond acceptors (Lipinski definition) is 11. The van der Waals surface area contributed by atoms with Crippen molar-refractivity contribution >= 4 is 40.8 Å². The fourth-order valence-corrected chi connectivity index (χ4v) is 4.29. The van der Waals surface area contributed by atoms with E-state index in [1.165, 1.54) is 23.2 Å². The Balaban J connectivity index is 1.33. The van der Waals surface area contributed by atoms with Gasteiger partial charge in [-0.15, -0.1) is 0 Å². The van der Waals surface area contributed by atoms with Gasteiger partial charge in [0.15, 0.2) is 11.9 Å². The van der Waals surface area contributed by atoms with Gasteiger partial charge in [-0.2, -0.15) is 10.1 Å². The van der Waals surface area contributed by atoms with Crippen LogP contribution in [0.4, 0.5) is 17.1 Å². The highest BCUT2D eigenvalue weighted by Gasteiger charge is 2.42. The van der Waals surface area contributed by atoms with Crippen LogP contribution in [-0.4, -0.2) is 83.9 Å². The van der Waals surface area contributed by atoms with Crippen molar-refractivity contribution in [3.63, 3.8) is 0 Å². The number of ether oxygens (including phenoxy) is 3. The SMILES string of the molecule is CC(=O)O[C@@H](C(=O)Nc1ccc(-c2nc(=O)o[nH]2)nc1)[C@H]1OCCN(c2cccc(N3CCOCC3=O)c2)C1=O. The van der Waals surface area contributed by atoms with E-state index in [9.17, 15) is 24.0 Å². The minimum absolute atomic E-state index is 0.0278. The van der Waals surface area contributed by atoms with Crippen LogP contribution in [0, 0.1) is 0 Å². The van der Waals surface area contributed by atoms with E-state index in [2.05, 4.69) is 25.0 Å². The lowest BCUT2D eigenvalue weighted by atomic mass is 10.1. The van der Waals surface area contributed by atoms with Crippen molar-refractivity contribution in [2.75, 3.05) is 48.0 Å². The predicted molar refractivity (Wildman–Crippen MR) is 136 cm³/mol. The van der Waals surface area contributed by atoms with E-state index in [0.29, 0.717) is 24.5 Å². The number of nitrogens with zero attached hydrogens (tertiary/aromatic N) is 4. The Kier molecular flexibility index (Phi) is 7.65. The maximum atomic E-state index is 13.5. The lowest BCUT2D eigenvalue weighted by Crippen LogP contribution is -2.56. The highest BCUT2D eigenvalue weighted by atomic mass is 16.6. The minimum atomic E-state index is -1.61. The zero-order valence-electron chi connectivity index (χ0n) is 21.2. The summed E-state index contributed by atoms with van der Waals surface area (Å²) in [6, 6.07) is 9.81. The van der Waals surface area contributed by atoms with Crippen molar-refractivity contribution in [2.45, 2.75) is 19.1 Å². The summed E-state index contributed by atoms with van der Waals surface area (Å²) < 4.78 is 20.6. The number of amides is 3. The fraction of sp³-hybridized carbons (Fsp3) is 0.320. The number of esters is 1. The molecule has 3 amide bonds. The van der Waals surface area contributed by atoms with E-state index in [0.717, 1.165) is 6.92 Å². The topological polar surface area (TPSA) is 186 Å². The lowest BCUT2D eigenvalue weighted by molar-refractivity contribution is -0.167. The molecule has 3 aromatic rings. The van der Waals surface area contributed by atoms with E-state index in [-0.39, 0.29) is 42.9 Å². The third-order valence-corrected chi connectivity index (χ3v) is 6.10. The first-order valence-corrected chi connectivity index (χ1v) is 12.2. The molecule has 0 radical (unpaired) electrons. The van der Waals surface area contributed by atoms with Gasteiger partial charge in [-0.05, 0) is 30.3 Å². The number of anilines is 3. The molecule has 0 aliphatic carbocycles. The fourth-order valence-electron chi connectivity index (χ4n) is 4.29. The second-order valence-corrected chi connectivity index (χ2v) is 8.78. The molecule has 40 heavy (non-hydrogen) atoms. The Hall–Kier alpha value is -4.89. The number of carbonyl (C=O) groups excluding carboxylic acids is 4. The first kappa shape index (κ1) is 26.7. The Labute approximate surface area is 226 Å². The lowest BCUT2D eigenvalue weighted by Gasteiger charge is -2.35. The minimum Gasteiger partial charge on any atom is -0.449 e. The van der Waals surface area contributed by atoms with Gasteiger partial charge >= 0.3 is 11.7 Å². The van der Waals surface area contributed by atoms with Gasteiger partial charge in [-0.1, -0.05) is 6.07 Å². The second kappa shape index (κ2) is 11.5. The molecule has 2 saturated heterocycles. The molecule has 1 aromatic carbocycles. The molecule has 2 N–H and O–H groups in total. The maximum Gasteiger partial charge on any atom is 0.460 e. The number of pyridine rings is 1. The molecule has 2 aliphatic rings. The number of carbonyl (C=O) groups is 4. The summed E-state index contributed by atoms with van der Waals surface area (Å²) in [5.74, 6) is -3.10. The zero-order chi connectivity index (χ0) is 28.2. The average molecular weight is 553 g/mol. The summed E-state index contributed by atoms with van der Waals surface area (Å²) in [5.41, 5.74) is 1.59. The molecule has 15 nitrogen and oxygen atoms in total. The first-order chi connectivity index (χ1) is 19.3. The van der Waals surface area contributed by atoms with E-state index >= 15 is 0 Å². The summed E-state index contributed by atoms with van der Waals surface area (Å²) in [6.07, 6.45) is -1.75. The van der Waals surface area contributed by atoms with Crippen molar-refractivity contribution in [3.05, 3.63) is 53.1 Å². The van der Waals surface area contributed by atoms with Gasteiger partial charge in [-0.25, -0.2) is 4.79 Å². The largest absolute Gasteiger partial charge is 0.460 e. The molecule has 4 heterocycles. The highest BCUT2D eigenvalue weighted by molar-refractivity contribution is 6.05. The maximum absolute atomic E-state index is 13.5. The highest BCUT2D eigenvalue weighted by Crippen LogP contribution is 2.27. The summed E-state index contributed by atoms with van der Waals surface area (Å²) >= 11 is 0. The molecule has 2 aromatic heterocycles. The number of H-pyrrole nitrogens is 1. The normalized spacial score (nSPS) is 18.4. The van der Waals surface area contributed by atoms with E-state index in [1.807, 2.05) is 0 Å². The van der Waals surface area contributed by atoms with Gasteiger partial charge in [0.1, 0.15) is 12.3 Å². The molecule has 0 unspecified atom stereocenters. The molecule has 208 valence electrons. The van der Waals surface area contributed by atoms with Crippen LogP contribution in [0.2, 0.25) is 0 Å². The quantitative estimate of drug-likeness (QED) is 0.378. The standard InChI is InChI=1S/C25H24N6O9/c1-14(32)39-20(23(34)27-15-5-6-18(26-12-15)22-28-25(36)40-29-22)21-24(35)31(8-10-38-21)17-4-2-3-16(11-17)30-7-9-37-13-19(30)33/h2-6,11-12,20-21H,7-10,13H2,1H3,(H,27,34)(H,28,29,36)/t20-,21-/m1/s1. The number of benzene rings is 1. The van der Waals surface area contributed by atoms with Crippen LogP contribution >= 0.6 is 0 Å². The van der Waals surface area contributed by atoms with Gasteiger partial charge in [0.25, 0.3) is 17.7 Å². The molecule has 0 saturated carbocycles. The third kappa shape index (κ3) is 5.74. The molecular formula is C25H24N6O9. The van der Waals surface area contributed by atoms with Gasteiger partial charge in [-0.3, -0.25) is 24.2 Å². The van der Waals surface area contributed by atoms with Crippen LogP contribution < -0.4 is 20.9 Å². The molecule has 15 heteroatoms. The van der Waals surface area contributed by atoms with Crippen LogP contribution in [-0.2, 0) is 33.4 Å². The van der Waals surface area contributed by atoms with Crippen LogP contribution in [0.15, 0.2) is 51.9 Å². The Morgan fingerprint density at radius 3 is 2.55 bits per heavy atom. The number of aromatic amines is 1. The Morgan fingerprint density at radius 2 is 1.88 bits per heavy atom. The third-order valence-electron chi connectivity index (χ3n) is 6.10. The number of nitrogens with one attached hydrogen (secondary N) is 2. The van der Waals surface area contributed by atoms with E-state index in [4.69, 9.17) is 14.2 Å². The number of hydrogen-bond donors (Lipinski definition) is 2. The van der Waals surface area contributed by atoms with Gasteiger partial charge in [0.05, 0.1) is 25.1 Å². The smallest absolute Gasteiger partial charge is 0.449 e. The van der Waals surface area contributed by atoms with Gasteiger partial charge in [0.2, 0.25) is 6.10 Å². The monoisotopic (exact) mass is 552 g/mol. The van der Waals surface area contributed by atoms with Crippen molar-refractivity contribution in [2.24, 2.45) is 0 Å². The Bertz CT molecular complexity index is 1480. The summed E-state index contributed by atoms with van der Waals surface area (Å²) in [6.45, 7) is 2.10. The van der Waals surface area contributed by atoms with Crippen LogP contribution in [0.1, 0.15) is 6.92 Å². The molecule has 0 spiro atoms. The van der Waals surface area contributed by atoms with E-state index < -0.39 is 35.7 Å².